The van der Waals surface area contributed by atoms with Crippen LogP contribution in [0.5, 0.6) is 11.8 Å². The number of piperidine rings is 2. The molecule has 2 saturated heterocycles. The highest BCUT2D eigenvalue weighted by Crippen LogP contribution is 2.39. The predicted octanol–water partition coefficient (Wildman–Crippen LogP) is 3.34. The highest BCUT2D eigenvalue weighted by atomic mass is 16.5. The molecule has 0 amide bonds. The lowest BCUT2D eigenvalue weighted by molar-refractivity contribution is 0.0735. The molecule has 0 bridgehead atoms. The van der Waals surface area contributed by atoms with Crippen LogP contribution in [-0.2, 0) is 13.0 Å². The van der Waals surface area contributed by atoms with Crippen molar-refractivity contribution in [1.29, 1.82) is 0 Å². The summed E-state index contributed by atoms with van der Waals surface area (Å²) in [6.07, 6.45) is 9.37. The molecular formula is C29H43N7O3. The number of likely N-dealkylation sites (tertiary alicyclic amines) is 1. The molecule has 1 aromatic carbocycles. The number of H-pyrrole nitrogens is 1. The molecule has 4 N–H and O–H groups in total. The van der Waals surface area contributed by atoms with Crippen LogP contribution < -0.4 is 26.2 Å². The first kappa shape index (κ1) is 27.5. The molecule has 0 atom stereocenters. The van der Waals surface area contributed by atoms with Crippen molar-refractivity contribution in [2.24, 2.45) is 5.41 Å². The number of imidazole rings is 1. The van der Waals surface area contributed by atoms with Gasteiger partial charge in [-0.3, -0.25) is 4.57 Å². The van der Waals surface area contributed by atoms with E-state index in [1.54, 1.807) is 11.7 Å². The third-order valence-electron chi connectivity index (χ3n) is 8.56. The van der Waals surface area contributed by atoms with Crippen molar-refractivity contribution >= 4 is 17.0 Å². The van der Waals surface area contributed by atoms with E-state index in [-0.39, 0.29) is 17.5 Å². The average molecular weight is 538 g/mol. The Bertz CT molecular complexity index is 1300. The number of fused-ring (bicyclic) bond motifs is 1. The Labute approximate surface area is 230 Å². The Morgan fingerprint density at radius 1 is 1.10 bits per heavy atom. The van der Waals surface area contributed by atoms with E-state index in [0.29, 0.717) is 29.7 Å². The maximum Gasteiger partial charge on any atom is 0.328 e. The molecule has 212 valence electrons. The van der Waals surface area contributed by atoms with E-state index in [0.717, 1.165) is 43.5 Å². The van der Waals surface area contributed by atoms with Crippen LogP contribution in [0.1, 0.15) is 63.0 Å². The summed E-state index contributed by atoms with van der Waals surface area (Å²) in [7, 11) is 1.67. The van der Waals surface area contributed by atoms with E-state index < -0.39 is 0 Å². The number of nitrogens with one attached hydrogen (secondary N) is 2. The average Bonchev–Trinajstić information content (AvgIpc) is 3.26. The zero-order valence-electron chi connectivity index (χ0n) is 23.4. The van der Waals surface area contributed by atoms with E-state index in [1.807, 2.05) is 6.07 Å². The minimum Gasteiger partial charge on any atom is -0.496 e. The first-order chi connectivity index (χ1) is 19.0. The second-order valence-electron chi connectivity index (χ2n) is 11.1. The first-order valence-corrected chi connectivity index (χ1v) is 14.5. The van der Waals surface area contributed by atoms with Gasteiger partial charge in [0.1, 0.15) is 11.3 Å². The monoisotopic (exact) mass is 537 g/mol. The molecule has 0 aliphatic carbocycles. The van der Waals surface area contributed by atoms with Crippen LogP contribution in [0.3, 0.4) is 0 Å². The number of methoxy groups -OCH3 is 1. The minimum absolute atomic E-state index is 0.183. The van der Waals surface area contributed by atoms with Gasteiger partial charge in [0.05, 0.1) is 20.3 Å². The van der Waals surface area contributed by atoms with Gasteiger partial charge in [-0.25, -0.2) is 4.79 Å². The summed E-state index contributed by atoms with van der Waals surface area (Å²) < 4.78 is 13.0. The van der Waals surface area contributed by atoms with Gasteiger partial charge in [0.25, 0.3) is 0 Å². The second kappa shape index (κ2) is 12.4. The molecule has 0 radical (unpaired) electrons. The molecule has 2 aliphatic rings. The molecule has 0 saturated carbocycles. The molecule has 2 aromatic heterocycles. The molecule has 3 aromatic rings. The zero-order valence-corrected chi connectivity index (χ0v) is 23.4. The Morgan fingerprint density at radius 3 is 2.64 bits per heavy atom. The molecule has 10 nitrogen and oxygen atoms in total. The van der Waals surface area contributed by atoms with Crippen LogP contribution in [0.4, 0.5) is 5.82 Å². The second-order valence-corrected chi connectivity index (χ2v) is 11.1. The molecule has 39 heavy (non-hydrogen) atoms. The van der Waals surface area contributed by atoms with Gasteiger partial charge in [-0.15, -0.1) is 0 Å². The van der Waals surface area contributed by atoms with Gasteiger partial charge < -0.3 is 30.4 Å². The third kappa shape index (κ3) is 6.38. The molecule has 0 unspecified atom stereocenters. The largest absolute Gasteiger partial charge is 0.496 e. The lowest BCUT2D eigenvalue weighted by atomic mass is 9.71. The van der Waals surface area contributed by atoms with Crippen molar-refractivity contribution in [2.75, 3.05) is 52.2 Å². The van der Waals surface area contributed by atoms with Gasteiger partial charge >= 0.3 is 11.7 Å². The number of anilines is 1. The summed E-state index contributed by atoms with van der Waals surface area (Å²) >= 11 is 0. The summed E-state index contributed by atoms with van der Waals surface area (Å²) in [5.41, 5.74) is 9.40. The lowest BCUT2D eigenvalue weighted by Crippen LogP contribution is -2.45. The Kier molecular flexibility index (Phi) is 8.72. The number of hydrogen-bond acceptors (Lipinski definition) is 8. The van der Waals surface area contributed by atoms with Crippen molar-refractivity contribution in [3.63, 3.8) is 0 Å². The summed E-state index contributed by atoms with van der Waals surface area (Å²) in [4.78, 5) is 26.9. The quantitative estimate of drug-likeness (QED) is 0.318. The topological polar surface area (TPSA) is 123 Å². The van der Waals surface area contributed by atoms with Crippen LogP contribution >= 0.6 is 0 Å². The van der Waals surface area contributed by atoms with E-state index >= 15 is 0 Å². The first-order valence-electron chi connectivity index (χ1n) is 14.5. The number of nitrogens with zero attached hydrogens (tertiary/aromatic N) is 4. The Balaban J connectivity index is 1.21. The van der Waals surface area contributed by atoms with Gasteiger partial charge in [0.15, 0.2) is 11.5 Å². The number of benzene rings is 1. The fraction of sp³-hybridized carbons (Fsp3) is 0.621. The highest BCUT2D eigenvalue weighted by Gasteiger charge is 2.35. The van der Waals surface area contributed by atoms with Crippen molar-refractivity contribution in [2.45, 2.75) is 64.8 Å². The number of aromatic amines is 1. The molecule has 1 spiro atoms. The van der Waals surface area contributed by atoms with Crippen LogP contribution in [0.2, 0.25) is 0 Å². The third-order valence-corrected chi connectivity index (χ3v) is 8.56. The molecule has 5 rings (SSSR count). The summed E-state index contributed by atoms with van der Waals surface area (Å²) in [6, 6.07) is 6.46. The van der Waals surface area contributed by atoms with Gasteiger partial charge in [-0.2, -0.15) is 9.97 Å². The maximum atomic E-state index is 12.8. The van der Waals surface area contributed by atoms with Crippen LogP contribution in [-0.4, -0.2) is 70.9 Å². The zero-order chi connectivity index (χ0) is 27.2. The van der Waals surface area contributed by atoms with Gasteiger partial charge in [0, 0.05) is 5.56 Å². The lowest BCUT2D eigenvalue weighted by Gasteiger charge is -2.44. The van der Waals surface area contributed by atoms with E-state index in [9.17, 15) is 4.79 Å². The fourth-order valence-electron chi connectivity index (χ4n) is 6.01. The number of rotatable bonds is 11. The number of ether oxygens (including phenoxy) is 2. The van der Waals surface area contributed by atoms with Crippen molar-refractivity contribution in [3.05, 3.63) is 39.8 Å². The van der Waals surface area contributed by atoms with Gasteiger partial charge in [0.2, 0.25) is 0 Å². The van der Waals surface area contributed by atoms with Crippen LogP contribution in [0.25, 0.3) is 11.2 Å². The molecule has 2 fully saturated rings. The fourth-order valence-corrected chi connectivity index (χ4v) is 6.01. The van der Waals surface area contributed by atoms with Crippen molar-refractivity contribution < 1.29 is 9.47 Å². The summed E-state index contributed by atoms with van der Waals surface area (Å²) in [6.45, 7) is 8.84. The predicted molar refractivity (Wildman–Crippen MR) is 154 cm³/mol. The highest BCUT2D eigenvalue weighted by molar-refractivity contribution is 5.82. The van der Waals surface area contributed by atoms with E-state index in [4.69, 9.17) is 15.2 Å². The number of nitrogen functional groups attached to an aromatic ring is 1. The SMILES string of the molecule is CCCCOc1nc(N)c2[nH]c(=O)n(Cc3ccc(CCCN4CCC5(CCNCC5)CC4)cc3OC)c2n1. The summed E-state index contributed by atoms with van der Waals surface area (Å²) in [5, 5.41) is 3.51. The number of unbranched alkanes of at least 4 members (excludes halogenated alkanes) is 1. The normalized spacial score (nSPS) is 17.6. The van der Waals surface area contributed by atoms with Crippen LogP contribution in [0.15, 0.2) is 23.0 Å². The van der Waals surface area contributed by atoms with Gasteiger partial charge in [-0.1, -0.05) is 25.5 Å². The minimum atomic E-state index is -0.296. The number of hydrogen-bond donors (Lipinski definition) is 3. The molecule has 10 heteroatoms. The Morgan fingerprint density at radius 2 is 1.90 bits per heavy atom. The molecule has 2 aliphatic heterocycles. The van der Waals surface area contributed by atoms with Crippen LogP contribution in [0, 0.1) is 5.41 Å². The molecule has 4 heterocycles. The van der Waals surface area contributed by atoms with E-state index in [1.165, 1.54) is 57.4 Å². The maximum absolute atomic E-state index is 12.8. The Hall–Kier alpha value is -3.11. The standard InChI is InChI=1S/C29H43N7O3/c1-3-4-18-39-27-33-25(30)24-26(34-27)36(28(37)32-24)20-22-8-7-21(19-23(22)38-2)6-5-15-35-16-11-29(12-17-35)9-13-31-14-10-29/h7-8,19,31H,3-6,9-18,20H2,1-2H3,(H,32,37)(H2,30,33,34). The number of aryl methyl sites for hydroxylation is 1. The summed E-state index contributed by atoms with van der Waals surface area (Å²) in [5.74, 6) is 0.963. The smallest absolute Gasteiger partial charge is 0.328 e. The van der Waals surface area contributed by atoms with Crippen molar-refractivity contribution in [1.82, 2.24) is 29.7 Å². The molecular weight excluding hydrogens is 494 g/mol. The number of nitrogens with two attached hydrogens (primary N) is 1. The van der Waals surface area contributed by atoms with Crippen molar-refractivity contribution in [3.8, 4) is 11.8 Å². The van der Waals surface area contributed by atoms with E-state index in [2.05, 4.69) is 44.2 Å². The van der Waals surface area contributed by atoms with Gasteiger partial charge in [-0.05, 0) is 94.7 Å². The number of aromatic nitrogens is 4.